The minimum atomic E-state index is 0.503. The van der Waals surface area contributed by atoms with Gasteiger partial charge in [-0.05, 0) is 73.8 Å². The molecule has 1 saturated heterocycles. The molecular weight excluding hydrogens is 420 g/mol. The molecular formula is C27H29ClN2O2. The Bertz CT molecular complexity index is 1070. The van der Waals surface area contributed by atoms with Gasteiger partial charge in [0.1, 0.15) is 18.1 Å². The van der Waals surface area contributed by atoms with Crippen molar-refractivity contribution in [3.8, 4) is 11.5 Å². The zero-order valence-electron chi connectivity index (χ0n) is 18.5. The molecule has 2 aliphatic rings. The highest BCUT2D eigenvalue weighted by atomic mass is 35.5. The Morgan fingerprint density at radius 1 is 1.03 bits per heavy atom. The number of rotatable bonds is 6. The molecule has 5 heteroatoms. The fourth-order valence-corrected chi connectivity index (χ4v) is 5.08. The summed E-state index contributed by atoms with van der Waals surface area (Å²) in [5.74, 6) is 1.84. The summed E-state index contributed by atoms with van der Waals surface area (Å²) in [5.41, 5.74) is 4.82. The number of hydrogen-bond acceptors (Lipinski definition) is 4. The van der Waals surface area contributed by atoms with Crippen molar-refractivity contribution in [2.45, 2.75) is 31.9 Å². The third kappa shape index (κ3) is 4.43. The smallest absolute Gasteiger partial charge is 0.143 e. The molecule has 1 fully saturated rings. The van der Waals surface area contributed by atoms with Crippen molar-refractivity contribution in [3.05, 3.63) is 82.9 Å². The van der Waals surface area contributed by atoms with Crippen LogP contribution in [0, 0.1) is 0 Å². The van der Waals surface area contributed by atoms with E-state index in [-0.39, 0.29) is 0 Å². The molecule has 1 unspecified atom stereocenters. The van der Waals surface area contributed by atoms with Crippen molar-refractivity contribution in [1.29, 1.82) is 0 Å². The zero-order valence-corrected chi connectivity index (χ0v) is 19.2. The standard InChI is InChI=1S/C27H29ClN2O2/c1-31-24-11-8-20(9-12-24)14-16-29-15-4-5-23(29)18-30-25-13-10-22(28)17-21(25)19-32-27-7-3-2-6-26(27)30/h2-3,6-13,17,23H,4-5,14-16,18-19H2,1H3. The van der Waals surface area contributed by atoms with E-state index in [0.29, 0.717) is 12.6 Å². The molecule has 2 aliphatic heterocycles. The van der Waals surface area contributed by atoms with Crippen LogP contribution < -0.4 is 14.4 Å². The third-order valence-corrected chi connectivity index (χ3v) is 6.85. The number of hydrogen-bond donors (Lipinski definition) is 0. The number of benzene rings is 3. The number of ether oxygens (including phenoxy) is 2. The largest absolute Gasteiger partial charge is 0.497 e. The van der Waals surface area contributed by atoms with Gasteiger partial charge in [-0.25, -0.2) is 0 Å². The second-order valence-electron chi connectivity index (χ2n) is 8.57. The number of nitrogens with zero attached hydrogens (tertiary/aromatic N) is 2. The van der Waals surface area contributed by atoms with Crippen LogP contribution in [0.15, 0.2) is 66.7 Å². The van der Waals surface area contributed by atoms with Gasteiger partial charge in [-0.15, -0.1) is 0 Å². The maximum Gasteiger partial charge on any atom is 0.143 e. The van der Waals surface area contributed by atoms with Gasteiger partial charge in [0.05, 0.1) is 12.8 Å². The first-order valence-corrected chi connectivity index (χ1v) is 11.7. The predicted octanol–water partition coefficient (Wildman–Crippen LogP) is 6.09. The van der Waals surface area contributed by atoms with Gasteiger partial charge in [-0.3, -0.25) is 4.90 Å². The van der Waals surface area contributed by atoms with E-state index < -0.39 is 0 Å². The van der Waals surface area contributed by atoms with E-state index in [2.05, 4.69) is 46.2 Å². The SMILES string of the molecule is COc1ccc(CCN2CCCC2CN2c3ccc(Cl)cc3COc3ccccc32)cc1. The van der Waals surface area contributed by atoms with Crippen molar-refractivity contribution in [1.82, 2.24) is 4.90 Å². The molecule has 0 spiro atoms. The summed E-state index contributed by atoms with van der Waals surface area (Å²) in [7, 11) is 1.71. The minimum absolute atomic E-state index is 0.503. The highest BCUT2D eigenvalue weighted by Gasteiger charge is 2.30. The van der Waals surface area contributed by atoms with Crippen molar-refractivity contribution in [2.24, 2.45) is 0 Å². The average Bonchev–Trinajstić information content (AvgIpc) is 3.21. The van der Waals surface area contributed by atoms with E-state index in [0.717, 1.165) is 53.8 Å². The van der Waals surface area contributed by atoms with Crippen LogP contribution in [0.2, 0.25) is 5.02 Å². The number of anilines is 2. The molecule has 2 heterocycles. The van der Waals surface area contributed by atoms with Gasteiger partial charge < -0.3 is 14.4 Å². The van der Waals surface area contributed by atoms with Crippen molar-refractivity contribution < 1.29 is 9.47 Å². The Labute approximate surface area is 195 Å². The Kier molecular flexibility index (Phi) is 6.24. The molecule has 4 nitrogen and oxygen atoms in total. The number of halogens is 1. The van der Waals surface area contributed by atoms with E-state index >= 15 is 0 Å². The molecule has 0 bridgehead atoms. The lowest BCUT2D eigenvalue weighted by Gasteiger charge is -2.33. The average molecular weight is 449 g/mol. The Morgan fingerprint density at radius 3 is 2.72 bits per heavy atom. The first-order chi connectivity index (χ1) is 15.7. The maximum absolute atomic E-state index is 6.31. The van der Waals surface area contributed by atoms with Crippen LogP contribution in [-0.4, -0.2) is 37.7 Å². The van der Waals surface area contributed by atoms with Crippen LogP contribution in [0.4, 0.5) is 11.4 Å². The van der Waals surface area contributed by atoms with E-state index in [1.165, 1.54) is 24.1 Å². The van der Waals surface area contributed by atoms with E-state index in [1.807, 2.05) is 30.3 Å². The molecule has 166 valence electrons. The molecule has 32 heavy (non-hydrogen) atoms. The van der Waals surface area contributed by atoms with Crippen LogP contribution in [-0.2, 0) is 13.0 Å². The fourth-order valence-electron chi connectivity index (χ4n) is 4.89. The summed E-state index contributed by atoms with van der Waals surface area (Å²) >= 11 is 6.31. The molecule has 0 radical (unpaired) electrons. The van der Waals surface area contributed by atoms with E-state index in [4.69, 9.17) is 21.1 Å². The van der Waals surface area contributed by atoms with E-state index in [1.54, 1.807) is 7.11 Å². The Balaban J connectivity index is 1.36. The Hall–Kier alpha value is -2.69. The lowest BCUT2D eigenvalue weighted by Crippen LogP contribution is -2.39. The number of para-hydroxylation sites is 2. The fraction of sp³-hybridized carbons (Fsp3) is 0.333. The molecule has 0 amide bonds. The highest BCUT2D eigenvalue weighted by Crippen LogP contribution is 2.41. The summed E-state index contributed by atoms with van der Waals surface area (Å²) < 4.78 is 11.4. The Morgan fingerprint density at radius 2 is 1.88 bits per heavy atom. The normalized spacial score (nSPS) is 17.9. The molecule has 1 atom stereocenters. The van der Waals surface area contributed by atoms with Crippen LogP contribution >= 0.6 is 11.6 Å². The third-order valence-electron chi connectivity index (χ3n) is 6.61. The van der Waals surface area contributed by atoms with Crippen molar-refractivity contribution in [3.63, 3.8) is 0 Å². The molecule has 0 N–H and O–H groups in total. The summed E-state index contributed by atoms with van der Waals surface area (Å²) in [4.78, 5) is 5.08. The van der Waals surface area contributed by atoms with Gasteiger partial charge in [0.15, 0.2) is 0 Å². The van der Waals surface area contributed by atoms with Gasteiger partial charge in [-0.1, -0.05) is 35.9 Å². The van der Waals surface area contributed by atoms with E-state index in [9.17, 15) is 0 Å². The van der Waals surface area contributed by atoms with Crippen LogP contribution in [0.25, 0.3) is 0 Å². The summed E-state index contributed by atoms with van der Waals surface area (Å²) in [6.07, 6.45) is 3.50. The molecule has 0 aliphatic carbocycles. The van der Waals surface area contributed by atoms with Crippen molar-refractivity contribution in [2.75, 3.05) is 31.6 Å². The molecule has 0 aromatic heterocycles. The molecule has 5 rings (SSSR count). The number of fused-ring (bicyclic) bond motifs is 2. The lowest BCUT2D eigenvalue weighted by atomic mass is 10.1. The molecule has 0 saturated carbocycles. The maximum atomic E-state index is 6.31. The van der Waals surface area contributed by atoms with Gasteiger partial charge in [0.25, 0.3) is 0 Å². The lowest BCUT2D eigenvalue weighted by molar-refractivity contribution is 0.261. The van der Waals surface area contributed by atoms with Gasteiger partial charge in [0.2, 0.25) is 0 Å². The topological polar surface area (TPSA) is 24.9 Å². The summed E-state index contributed by atoms with van der Waals surface area (Å²) in [6, 6.07) is 23.5. The molecule has 3 aromatic rings. The van der Waals surface area contributed by atoms with Gasteiger partial charge >= 0.3 is 0 Å². The number of methoxy groups -OCH3 is 1. The number of likely N-dealkylation sites (tertiary alicyclic amines) is 1. The van der Waals surface area contributed by atoms with Crippen molar-refractivity contribution >= 4 is 23.0 Å². The van der Waals surface area contributed by atoms with Crippen LogP contribution in [0.5, 0.6) is 11.5 Å². The summed E-state index contributed by atoms with van der Waals surface area (Å²) in [6.45, 7) is 3.70. The predicted molar refractivity (Wildman–Crippen MR) is 131 cm³/mol. The highest BCUT2D eigenvalue weighted by molar-refractivity contribution is 6.30. The van der Waals surface area contributed by atoms with Crippen LogP contribution in [0.3, 0.4) is 0 Å². The summed E-state index contributed by atoms with van der Waals surface area (Å²) in [5, 5.41) is 0.750. The zero-order chi connectivity index (χ0) is 21.9. The first-order valence-electron chi connectivity index (χ1n) is 11.4. The first kappa shape index (κ1) is 21.2. The van der Waals surface area contributed by atoms with Gasteiger partial charge in [-0.2, -0.15) is 0 Å². The van der Waals surface area contributed by atoms with Crippen LogP contribution in [0.1, 0.15) is 24.0 Å². The second kappa shape index (κ2) is 9.43. The van der Waals surface area contributed by atoms with Gasteiger partial charge in [0, 0.05) is 35.4 Å². The minimum Gasteiger partial charge on any atom is -0.497 e. The quantitative estimate of drug-likeness (QED) is 0.455. The second-order valence-corrected chi connectivity index (χ2v) is 9.01. The monoisotopic (exact) mass is 448 g/mol. The molecule has 3 aromatic carbocycles.